The topological polar surface area (TPSA) is 121 Å². The Morgan fingerprint density at radius 3 is 2.63 bits per heavy atom. The molecule has 10 heteroatoms. The minimum Gasteiger partial charge on any atom is -0.462 e. The molecule has 0 atom stereocenters. The molecule has 2 heterocycles. The number of ether oxygens (including phenoxy) is 1. The number of hydrogen-bond acceptors (Lipinski definition) is 7. The third-order valence-corrected chi connectivity index (χ3v) is 5.73. The maximum absolute atomic E-state index is 12.7. The number of esters is 1. The van der Waals surface area contributed by atoms with E-state index in [0.29, 0.717) is 21.5 Å². The number of aryl methyl sites for hydroxylation is 1. The van der Waals surface area contributed by atoms with Crippen LogP contribution in [0.4, 0.5) is 10.7 Å². The van der Waals surface area contributed by atoms with Crippen LogP contribution in [0.2, 0.25) is 0 Å². The molecule has 1 N–H and O–H groups in total. The molecule has 0 fully saturated rings. The number of hydrogen-bond donors (Lipinski definition) is 1. The molecule has 1 aromatic carbocycles. The highest BCUT2D eigenvalue weighted by atomic mass is 32.1. The molecule has 0 spiro atoms. The number of nitrogens with one attached hydrogen (secondary N) is 1. The fraction of sp³-hybridized carbons (Fsp3) is 0.250. The number of carbonyl (C=O) groups is 2. The van der Waals surface area contributed by atoms with Crippen LogP contribution in [0.1, 0.15) is 27.7 Å². The Bertz CT molecular complexity index is 1230. The van der Waals surface area contributed by atoms with Crippen LogP contribution in [0.15, 0.2) is 35.1 Å². The number of fused-ring (bicyclic) bond motifs is 1. The summed E-state index contributed by atoms with van der Waals surface area (Å²) in [5, 5.41) is 14.5. The van der Waals surface area contributed by atoms with Crippen LogP contribution in [0.5, 0.6) is 0 Å². The third kappa shape index (κ3) is 4.08. The molecule has 0 unspecified atom stereocenters. The fourth-order valence-corrected chi connectivity index (χ4v) is 4.11. The molecule has 3 rings (SSSR count). The summed E-state index contributed by atoms with van der Waals surface area (Å²) in [6.07, 6.45) is 0. The standard InChI is InChI=1S/C20H19N3O6S/c1-4-29-20(26)18-11(2)12(3)30-19(18)21-16(24)10-22-15-7-6-14(23(27)28)9-13(15)5-8-17(22)25/h5-9H,4,10H2,1-3H3,(H,21,24). The minimum absolute atomic E-state index is 0.110. The lowest BCUT2D eigenvalue weighted by Gasteiger charge is -2.11. The molecule has 1 amide bonds. The summed E-state index contributed by atoms with van der Waals surface area (Å²) < 4.78 is 6.30. The lowest BCUT2D eigenvalue weighted by Crippen LogP contribution is -2.27. The van der Waals surface area contributed by atoms with Gasteiger partial charge in [0.05, 0.1) is 22.6 Å². The molecule has 0 aliphatic rings. The van der Waals surface area contributed by atoms with E-state index >= 15 is 0 Å². The Kier molecular flexibility index (Phi) is 5.97. The van der Waals surface area contributed by atoms with Gasteiger partial charge in [-0.2, -0.15) is 0 Å². The number of pyridine rings is 1. The Hall–Kier alpha value is -3.53. The third-order valence-electron chi connectivity index (χ3n) is 4.60. The van der Waals surface area contributed by atoms with Gasteiger partial charge in [-0.05, 0) is 38.5 Å². The Morgan fingerprint density at radius 1 is 1.23 bits per heavy atom. The SMILES string of the molecule is CCOC(=O)c1c(NC(=O)Cn2c(=O)ccc3cc([N+](=O)[O-])ccc32)sc(C)c1C. The van der Waals surface area contributed by atoms with Crippen LogP contribution in [-0.2, 0) is 16.1 Å². The van der Waals surface area contributed by atoms with Gasteiger partial charge in [-0.1, -0.05) is 0 Å². The number of aromatic nitrogens is 1. The van der Waals surface area contributed by atoms with Crippen LogP contribution in [-0.4, -0.2) is 28.0 Å². The highest BCUT2D eigenvalue weighted by Gasteiger charge is 2.22. The van der Waals surface area contributed by atoms with E-state index in [2.05, 4.69) is 5.32 Å². The van der Waals surface area contributed by atoms with Crippen molar-refractivity contribution in [1.82, 2.24) is 4.57 Å². The molecule has 0 aliphatic carbocycles. The lowest BCUT2D eigenvalue weighted by atomic mass is 10.1. The van der Waals surface area contributed by atoms with Crippen molar-refractivity contribution in [2.45, 2.75) is 27.3 Å². The first-order valence-electron chi connectivity index (χ1n) is 9.07. The molecule has 3 aromatic rings. The number of nitrogens with zero attached hydrogens (tertiary/aromatic N) is 2. The van der Waals surface area contributed by atoms with Crippen LogP contribution < -0.4 is 10.9 Å². The Balaban J connectivity index is 1.92. The van der Waals surface area contributed by atoms with Gasteiger partial charge < -0.3 is 10.1 Å². The van der Waals surface area contributed by atoms with Gasteiger partial charge in [0.2, 0.25) is 5.91 Å². The van der Waals surface area contributed by atoms with Gasteiger partial charge in [0.1, 0.15) is 11.5 Å². The zero-order valence-electron chi connectivity index (χ0n) is 16.6. The minimum atomic E-state index is -0.528. The van der Waals surface area contributed by atoms with E-state index in [1.807, 2.05) is 6.92 Å². The van der Waals surface area contributed by atoms with E-state index < -0.39 is 22.4 Å². The number of rotatable bonds is 6. The quantitative estimate of drug-likeness (QED) is 0.364. The molecule has 2 aromatic heterocycles. The fourth-order valence-electron chi connectivity index (χ4n) is 3.04. The van der Waals surface area contributed by atoms with Crippen molar-refractivity contribution in [1.29, 1.82) is 0 Å². The molecular weight excluding hydrogens is 410 g/mol. The van der Waals surface area contributed by atoms with Crippen molar-refractivity contribution in [2.24, 2.45) is 0 Å². The number of amides is 1. The summed E-state index contributed by atoms with van der Waals surface area (Å²) in [6, 6.07) is 6.79. The molecule has 0 bridgehead atoms. The van der Waals surface area contributed by atoms with E-state index in [4.69, 9.17) is 4.74 Å². The first-order valence-corrected chi connectivity index (χ1v) is 9.89. The zero-order valence-corrected chi connectivity index (χ0v) is 17.4. The summed E-state index contributed by atoms with van der Waals surface area (Å²) in [7, 11) is 0. The van der Waals surface area contributed by atoms with E-state index in [0.717, 1.165) is 10.4 Å². The zero-order chi connectivity index (χ0) is 22.0. The van der Waals surface area contributed by atoms with Crippen LogP contribution in [0.25, 0.3) is 10.9 Å². The summed E-state index contributed by atoms with van der Waals surface area (Å²) in [4.78, 5) is 48.6. The largest absolute Gasteiger partial charge is 0.462 e. The maximum atomic E-state index is 12.7. The van der Waals surface area contributed by atoms with Crippen molar-refractivity contribution in [3.63, 3.8) is 0 Å². The van der Waals surface area contributed by atoms with Gasteiger partial charge >= 0.3 is 5.97 Å². The first kappa shape index (κ1) is 21.2. The number of non-ortho nitro benzene ring substituents is 1. The molecule has 156 valence electrons. The molecule has 30 heavy (non-hydrogen) atoms. The predicted octanol–water partition coefficient (Wildman–Crippen LogP) is 3.40. The number of anilines is 1. The second-order valence-corrected chi connectivity index (χ2v) is 7.74. The number of nitro groups is 1. The molecule has 0 radical (unpaired) electrons. The van der Waals surface area contributed by atoms with Gasteiger partial charge in [0.25, 0.3) is 11.2 Å². The van der Waals surface area contributed by atoms with Gasteiger partial charge in [0, 0.05) is 28.5 Å². The number of carbonyl (C=O) groups excluding carboxylic acids is 2. The van der Waals surface area contributed by atoms with Crippen LogP contribution >= 0.6 is 11.3 Å². The van der Waals surface area contributed by atoms with Gasteiger partial charge in [-0.15, -0.1) is 11.3 Å². The predicted molar refractivity (Wildman–Crippen MR) is 113 cm³/mol. The van der Waals surface area contributed by atoms with Crippen molar-refractivity contribution in [3.8, 4) is 0 Å². The summed E-state index contributed by atoms with van der Waals surface area (Å²) in [5.74, 6) is -1.03. The Labute approximate surface area is 175 Å². The van der Waals surface area contributed by atoms with Crippen molar-refractivity contribution >= 4 is 44.8 Å². The highest BCUT2D eigenvalue weighted by molar-refractivity contribution is 7.16. The van der Waals surface area contributed by atoms with Crippen molar-refractivity contribution in [2.75, 3.05) is 11.9 Å². The summed E-state index contributed by atoms with van der Waals surface area (Å²) in [5.41, 5.74) is 0.890. The lowest BCUT2D eigenvalue weighted by molar-refractivity contribution is -0.384. The van der Waals surface area contributed by atoms with Gasteiger partial charge in [0.15, 0.2) is 0 Å². The van der Waals surface area contributed by atoms with E-state index in [9.17, 15) is 24.5 Å². The van der Waals surface area contributed by atoms with Gasteiger partial charge in [-0.3, -0.25) is 24.3 Å². The second-order valence-electron chi connectivity index (χ2n) is 6.51. The average molecular weight is 429 g/mol. The normalized spacial score (nSPS) is 10.8. The van der Waals surface area contributed by atoms with Crippen molar-refractivity contribution < 1.29 is 19.2 Å². The number of thiophene rings is 1. The monoisotopic (exact) mass is 429 g/mol. The Morgan fingerprint density at radius 2 is 1.97 bits per heavy atom. The van der Waals surface area contributed by atoms with Gasteiger partial charge in [-0.25, -0.2) is 4.79 Å². The second kappa shape index (κ2) is 8.46. The number of nitro benzene ring substituents is 1. The van der Waals surface area contributed by atoms with Crippen LogP contribution in [0.3, 0.4) is 0 Å². The van der Waals surface area contributed by atoms with E-state index in [1.54, 1.807) is 13.8 Å². The molecule has 0 saturated carbocycles. The summed E-state index contributed by atoms with van der Waals surface area (Å²) in [6.45, 7) is 5.20. The van der Waals surface area contributed by atoms with E-state index in [-0.39, 0.29) is 18.8 Å². The highest BCUT2D eigenvalue weighted by Crippen LogP contribution is 2.33. The average Bonchev–Trinajstić information content (AvgIpc) is 2.97. The molecule has 9 nitrogen and oxygen atoms in total. The molecule has 0 saturated heterocycles. The summed E-state index contributed by atoms with van der Waals surface area (Å²) >= 11 is 1.25. The molecule has 0 aliphatic heterocycles. The van der Waals surface area contributed by atoms with E-state index in [1.165, 1.54) is 46.2 Å². The molecular formula is C20H19N3O6S. The van der Waals surface area contributed by atoms with Crippen LogP contribution in [0, 0.1) is 24.0 Å². The number of benzene rings is 1. The van der Waals surface area contributed by atoms with Crippen molar-refractivity contribution in [3.05, 3.63) is 66.8 Å². The smallest absolute Gasteiger partial charge is 0.341 e. The first-order chi connectivity index (χ1) is 14.2. The maximum Gasteiger partial charge on any atom is 0.341 e.